The summed E-state index contributed by atoms with van der Waals surface area (Å²) in [6.45, 7) is 2.18. The number of carbonyl (C=O) groups is 1. The van der Waals surface area contributed by atoms with Crippen LogP contribution in [0.2, 0.25) is 5.02 Å². The SMILES string of the molecule is CCOc1cc(/C=C(\C#N)C(=O)Nc2ccc(O)cc2)cc(Cl)c1Cc1ccccc1F. The van der Waals surface area contributed by atoms with Crippen LogP contribution in [0.1, 0.15) is 23.6 Å². The van der Waals surface area contributed by atoms with Gasteiger partial charge in [0, 0.05) is 22.7 Å². The number of benzene rings is 3. The summed E-state index contributed by atoms with van der Waals surface area (Å²) in [6, 6.07) is 17.5. The summed E-state index contributed by atoms with van der Waals surface area (Å²) in [5.41, 5.74) is 1.88. The highest BCUT2D eigenvalue weighted by atomic mass is 35.5. The quantitative estimate of drug-likeness (QED) is 0.274. The molecule has 0 spiro atoms. The number of phenols is 1. The molecular formula is C25H20ClFN2O3. The summed E-state index contributed by atoms with van der Waals surface area (Å²) < 4.78 is 19.8. The monoisotopic (exact) mass is 450 g/mol. The Labute approximate surface area is 190 Å². The van der Waals surface area contributed by atoms with Crippen LogP contribution in [0.4, 0.5) is 10.1 Å². The van der Waals surface area contributed by atoms with Gasteiger partial charge in [-0.05, 0) is 66.6 Å². The summed E-state index contributed by atoms with van der Waals surface area (Å²) in [5, 5.41) is 21.8. The second-order valence-electron chi connectivity index (χ2n) is 6.85. The summed E-state index contributed by atoms with van der Waals surface area (Å²) >= 11 is 6.48. The highest BCUT2D eigenvalue weighted by molar-refractivity contribution is 6.31. The number of amides is 1. The van der Waals surface area contributed by atoms with Crippen molar-refractivity contribution in [2.24, 2.45) is 0 Å². The largest absolute Gasteiger partial charge is 0.508 e. The number of nitrogens with one attached hydrogen (secondary N) is 1. The van der Waals surface area contributed by atoms with E-state index in [0.29, 0.717) is 39.8 Å². The van der Waals surface area contributed by atoms with Crippen molar-refractivity contribution >= 4 is 29.3 Å². The van der Waals surface area contributed by atoms with Crippen molar-refractivity contribution in [1.82, 2.24) is 0 Å². The Morgan fingerprint density at radius 1 is 1.22 bits per heavy atom. The van der Waals surface area contributed by atoms with Crippen LogP contribution in [-0.2, 0) is 11.2 Å². The standard InChI is InChI=1S/C25H20ClFN2O3/c1-2-32-24-13-16(12-22(26)21(24)14-17-5-3-4-6-23(17)27)11-18(15-28)25(31)29-19-7-9-20(30)10-8-19/h3-13,30H,2,14H2,1H3,(H,29,31)/b18-11+. The van der Waals surface area contributed by atoms with Gasteiger partial charge in [-0.1, -0.05) is 29.8 Å². The normalized spacial score (nSPS) is 11.0. The van der Waals surface area contributed by atoms with Gasteiger partial charge >= 0.3 is 0 Å². The van der Waals surface area contributed by atoms with E-state index in [1.54, 1.807) is 30.3 Å². The second-order valence-corrected chi connectivity index (χ2v) is 7.26. The molecule has 0 aliphatic carbocycles. The molecule has 0 bridgehead atoms. The van der Waals surface area contributed by atoms with Gasteiger partial charge in [0.05, 0.1) is 6.61 Å². The van der Waals surface area contributed by atoms with Crippen LogP contribution in [0.3, 0.4) is 0 Å². The lowest BCUT2D eigenvalue weighted by Gasteiger charge is -2.14. The third-order valence-electron chi connectivity index (χ3n) is 4.60. The molecule has 0 saturated carbocycles. The zero-order valence-corrected chi connectivity index (χ0v) is 18.0. The maximum atomic E-state index is 14.1. The molecule has 0 saturated heterocycles. The van der Waals surface area contributed by atoms with E-state index in [2.05, 4.69) is 5.32 Å². The van der Waals surface area contributed by atoms with Gasteiger partial charge in [0.15, 0.2) is 0 Å². The summed E-state index contributed by atoms with van der Waals surface area (Å²) in [7, 11) is 0. The van der Waals surface area contributed by atoms with Crippen molar-refractivity contribution in [1.29, 1.82) is 5.26 Å². The fourth-order valence-corrected chi connectivity index (χ4v) is 3.35. The van der Waals surface area contributed by atoms with Gasteiger partial charge in [-0.25, -0.2) is 4.39 Å². The first-order valence-corrected chi connectivity index (χ1v) is 10.2. The van der Waals surface area contributed by atoms with Gasteiger partial charge < -0.3 is 15.2 Å². The van der Waals surface area contributed by atoms with Gasteiger partial charge in [-0.3, -0.25) is 4.79 Å². The van der Waals surface area contributed by atoms with Crippen LogP contribution in [0, 0.1) is 17.1 Å². The summed E-state index contributed by atoms with van der Waals surface area (Å²) in [5.74, 6) is -0.436. The summed E-state index contributed by atoms with van der Waals surface area (Å²) in [4.78, 5) is 12.5. The number of rotatable bonds is 7. The van der Waals surface area contributed by atoms with Gasteiger partial charge in [-0.2, -0.15) is 5.26 Å². The first-order chi connectivity index (χ1) is 15.4. The van der Waals surface area contributed by atoms with Crippen LogP contribution >= 0.6 is 11.6 Å². The van der Waals surface area contributed by atoms with Crippen molar-refractivity contribution in [2.75, 3.05) is 11.9 Å². The van der Waals surface area contributed by atoms with Crippen molar-refractivity contribution in [2.45, 2.75) is 13.3 Å². The third kappa shape index (κ3) is 5.65. The van der Waals surface area contributed by atoms with Crippen LogP contribution < -0.4 is 10.1 Å². The number of hydrogen-bond donors (Lipinski definition) is 2. The molecule has 1 amide bonds. The number of carbonyl (C=O) groups excluding carboxylic acids is 1. The molecule has 7 heteroatoms. The lowest BCUT2D eigenvalue weighted by molar-refractivity contribution is -0.112. The summed E-state index contributed by atoms with van der Waals surface area (Å²) in [6.07, 6.45) is 1.63. The minimum Gasteiger partial charge on any atom is -0.508 e. The first-order valence-electron chi connectivity index (χ1n) is 9.82. The van der Waals surface area contributed by atoms with Gasteiger partial charge in [0.1, 0.15) is 29.0 Å². The topological polar surface area (TPSA) is 82.3 Å². The molecule has 0 fully saturated rings. The Kier molecular flexibility index (Phi) is 7.48. The molecule has 3 aromatic carbocycles. The first kappa shape index (κ1) is 22.9. The number of nitriles is 1. The molecule has 0 aliphatic rings. The molecule has 0 unspecified atom stereocenters. The van der Waals surface area contributed by atoms with Gasteiger partial charge in [-0.15, -0.1) is 0 Å². The van der Waals surface area contributed by atoms with E-state index in [-0.39, 0.29) is 23.6 Å². The number of anilines is 1. The lowest BCUT2D eigenvalue weighted by Crippen LogP contribution is -2.13. The van der Waals surface area contributed by atoms with E-state index in [9.17, 15) is 19.6 Å². The molecule has 5 nitrogen and oxygen atoms in total. The second kappa shape index (κ2) is 10.5. The molecule has 2 N–H and O–H groups in total. The smallest absolute Gasteiger partial charge is 0.266 e. The average molecular weight is 451 g/mol. The predicted octanol–water partition coefficient (Wildman–Crippen LogP) is 5.72. The molecule has 32 heavy (non-hydrogen) atoms. The number of nitrogens with zero attached hydrogens (tertiary/aromatic N) is 1. The number of phenolic OH excluding ortho intramolecular Hbond substituents is 1. The van der Waals surface area contributed by atoms with E-state index < -0.39 is 5.91 Å². The van der Waals surface area contributed by atoms with Crippen molar-refractivity contribution in [3.63, 3.8) is 0 Å². The zero-order valence-electron chi connectivity index (χ0n) is 17.2. The molecule has 3 aromatic rings. The fourth-order valence-electron chi connectivity index (χ4n) is 3.06. The van der Waals surface area contributed by atoms with Crippen molar-refractivity contribution in [3.05, 3.63) is 93.8 Å². The maximum Gasteiger partial charge on any atom is 0.266 e. The maximum absolute atomic E-state index is 14.1. The molecule has 162 valence electrons. The number of aromatic hydroxyl groups is 1. The van der Waals surface area contributed by atoms with Gasteiger partial charge in [0.2, 0.25) is 0 Å². The molecule has 0 aromatic heterocycles. The molecule has 0 radical (unpaired) electrons. The van der Waals surface area contributed by atoms with Crippen LogP contribution in [0.25, 0.3) is 6.08 Å². The van der Waals surface area contributed by atoms with Crippen LogP contribution in [0.15, 0.2) is 66.2 Å². The molecule has 0 atom stereocenters. The molecular weight excluding hydrogens is 431 g/mol. The highest BCUT2D eigenvalue weighted by Crippen LogP contribution is 2.32. The lowest BCUT2D eigenvalue weighted by atomic mass is 10.0. The Morgan fingerprint density at radius 2 is 1.94 bits per heavy atom. The number of hydrogen-bond acceptors (Lipinski definition) is 4. The van der Waals surface area contributed by atoms with E-state index in [1.807, 2.05) is 13.0 Å². The molecule has 3 rings (SSSR count). The fraction of sp³-hybridized carbons (Fsp3) is 0.120. The van der Waals surface area contributed by atoms with E-state index in [1.165, 1.54) is 36.4 Å². The molecule has 0 heterocycles. The average Bonchev–Trinajstić information content (AvgIpc) is 2.77. The third-order valence-corrected chi connectivity index (χ3v) is 4.94. The minimum absolute atomic E-state index is 0.0626. The Balaban J connectivity index is 1.91. The Morgan fingerprint density at radius 3 is 2.59 bits per heavy atom. The van der Waals surface area contributed by atoms with Crippen LogP contribution in [-0.4, -0.2) is 17.6 Å². The number of ether oxygens (including phenoxy) is 1. The minimum atomic E-state index is -0.609. The Hall–Kier alpha value is -3.82. The van der Waals surface area contributed by atoms with Crippen molar-refractivity contribution in [3.8, 4) is 17.6 Å². The zero-order chi connectivity index (χ0) is 23.1. The van der Waals surface area contributed by atoms with Gasteiger partial charge in [0.25, 0.3) is 5.91 Å². The van der Waals surface area contributed by atoms with E-state index >= 15 is 0 Å². The predicted molar refractivity (Wildman–Crippen MR) is 122 cm³/mol. The highest BCUT2D eigenvalue weighted by Gasteiger charge is 2.15. The Bertz CT molecular complexity index is 1200. The number of halogens is 2. The van der Waals surface area contributed by atoms with Crippen molar-refractivity contribution < 1.29 is 19.0 Å². The van der Waals surface area contributed by atoms with Crippen LogP contribution in [0.5, 0.6) is 11.5 Å². The van der Waals surface area contributed by atoms with E-state index in [0.717, 1.165) is 0 Å². The molecule has 0 aliphatic heterocycles. The van der Waals surface area contributed by atoms with E-state index in [4.69, 9.17) is 16.3 Å².